The molecule has 1 aliphatic rings. The van der Waals surface area contributed by atoms with Crippen LogP contribution in [0, 0.1) is 11.8 Å². The molecular formula is C28H38N6O6. The van der Waals surface area contributed by atoms with Gasteiger partial charge in [0.25, 0.3) is 0 Å². The van der Waals surface area contributed by atoms with Crippen LogP contribution in [0.5, 0.6) is 11.5 Å². The van der Waals surface area contributed by atoms with Gasteiger partial charge in [0.15, 0.2) is 0 Å². The Bertz CT molecular complexity index is 1210. The molecule has 0 spiro atoms. The van der Waals surface area contributed by atoms with E-state index in [-0.39, 0.29) is 72.1 Å². The average molecular weight is 555 g/mol. The highest BCUT2D eigenvalue weighted by molar-refractivity contribution is 6.33. The first-order valence-corrected chi connectivity index (χ1v) is 13.2. The van der Waals surface area contributed by atoms with E-state index in [4.69, 9.17) is 11.5 Å². The van der Waals surface area contributed by atoms with Gasteiger partial charge in [0.1, 0.15) is 11.5 Å². The summed E-state index contributed by atoms with van der Waals surface area (Å²) in [5.74, 6) is -2.83. The summed E-state index contributed by atoms with van der Waals surface area (Å²) in [6, 6.07) is 4.19. The van der Waals surface area contributed by atoms with Crippen LogP contribution in [-0.2, 0) is 9.59 Å². The van der Waals surface area contributed by atoms with Crippen LogP contribution in [0.3, 0.4) is 0 Å². The number of phenols is 2. The molecule has 2 amide bonds. The maximum atomic E-state index is 13.6. The summed E-state index contributed by atoms with van der Waals surface area (Å²) >= 11 is 0. The number of rotatable bonds is 12. The molecule has 0 bridgehead atoms. The monoisotopic (exact) mass is 554 g/mol. The van der Waals surface area contributed by atoms with E-state index >= 15 is 0 Å². The van der Waals surface area contributed by atoms with Crippen molar-refractivity contribution in [2.45, 2.75) is 39.8 Å². The molecule has 0 saturated carbocycles. The number of hydrogen-bond acceptors (Lipinski definition) is 10. The molecule has 2 aromatic rings. The highest BCUT2D eigenvalue weighted by atomic mass is 16.3. The summed E-state index contributed by atoms with van der Waals surface area (Å²) in [5.41, 5.74) is 11.8. The Morgan fingerprint density at radius 2 is 1.00 bits per heavy atom. The molecule has 3 rings (SSSR count). The van der Waals surface area contributed by atoms with Gasteiger partial charge in [0.2, 0.25) is 23.4 Å². The predicted octanol–water partition coefficient (Wildman–Crippen LogP) is 0.896. The van der Waals surface area contributed by atoms with Crippen molar-refractivity contribution in [3.63, 3.8) is 0 Å². The number of carbonyl (C=O) groups excluding carboxylic acids is 4. The van der Waals surface area contributed by atoms with Gasteiger partial charge in [-0.25, -0.2) is 0 Å². The van der Waals surface area contributed by atoms with E-state index in [9.17, 15) is 29.4 Å². The summed E-state index contributed by atoms with van der Waals surface area (Å²) < 4.78 is 0. The molecule has 12 heteroatoms. The zero-order chi connectivity index (χ0) is 29.7. The Kier molecular flexibility index (Phi) is 9.72. The summed E-state index contributed by atoms with van der Waals surface area (Å²) in [6.45, 7) is 8.21. The van der Waals surface area contributed by atoms with Crippen molar-refractivity contribution >= 4 is 34.8 Å². The summed E-state index contributed by atoms with van der Waals surface area (Å²) in [4.78, 5) is 51.5. The molecule has 0 aromatic heterocycles. The van der Waals surface area contributed by atoms with E-state index in [1.54, 1.807) is 12.1 Å². The minimum atomic E-state index is -0.657. The van der Waals surface area contributed by atoms with Crippen LogP contribution in [0.2, 0.25) is 0 Å². The van der Waals surface area contributed by atoms with Crippen molar-refractivity contribution in [3.8, 4) is 11.5 Å². The number of aromatic hydroxyl groups is 2. The molecule has 0 aliphatic heterocycles. The molecule has 10 N–H and O–H groups in total. The first-order chi connectivity index (χ1) is 18.9. The van der Waals surface area contributed by atoms with Crippen LogP contribution in [-0.4, -0.2) is 71.9 Å². The van der Waals surface area contributed by atoms with Crippen molar-refractivity contribution in [2.75, 3.05) is 36.8 Å². The van der Waals surface area contributed by atoms with Crippen LogP contribution in [0.25, 0.3) is 0 Å². The van der Waals surface area contributed by atoms with Gasteiger partial charge in [-0.05, 0) is 36.1 Å². The molecule has 0 radical (unpaired) electrons. The fourth-order valence-electron chi connectivity index (χ4n) is 4.27. The van der Waals surface area contributed by atoms with E-state index in [1.807, 2.05) is 27.7 Å². The molecule has 0 heterocycles. The fraction of sp³-hybridized carbons (Fsp3) is 0.429. The molecule has 12 nitrogen and oxygen atoms in total. The van der Waals surface area contributed by atoms with Gasteiger partial charge >= 0.3 is 0 Å². The van der Waals surface area contributed by atoms with Crippen molar-refractivity contribution in [1.29, 1.82) is 0 Å². The first-order valence-electron chi connectivity index (χ1n) is 13.2. The SMILES string of the molecule is CC(C)[C@H](N)C(=O)NCCNc1ccc(NCCNC(=O)[C@H](N)C(C)C)c2c1C(=O)c1c(O)ccc(O)c1C2=O. The number of carbonyl (C=O) groups is 4. The van der Waals surface area contributed by atoms with E-state index in [0.29, 0.717) is 11.4 Å². The van der Waals surface area contributed by atoms with Gasteiger partial charge in [-0.15, -0.1) is 0 Å². The molecule has 40 heavy (non-hydrogen) atoms. The zero-order valence-electron chi connectivity index (χ0n) is 23.1. The minimum absolute atomic E-state index is 0.0134. The van der Waals surface area contributed by atoms with Gasteiger partial charge in [-0.3, -0.25) is 19.2 Å². The van der Waals surface area contributed by atoms with Crippen LogP contribution >= 0.6 is 0 Å². The van der Waals surface area contributed by atoms with Crippen molar-refractivity contribution in [1.82, 2.24) is 10.6 Å². The topological polar surface area (TPSA) is 209 Å². The predicted molar refractivity (Wildman–Crippen MR) is 152 cm³/mol. The Balaban J connectivity index is 1.86. The lowest BCUT2D eigenvalue weighted by Crippen LogP contribution is -2.45. The number of fused-ring (bicyclic) bond motifs is 2. The van der Waals surface area contributed by atoms with Crippen LogP contribution in [0.4, 0.5) is 11.4 Å². The second-order valence-electron chi connectivity index (χ2n) is 10.4. The molecule has 216 valence electrons. The highest BCUT2D eigenvalue weighted by Gasteiger charge is 2.38. The lowest BCUT2D eigenvalue weighted by atomic mass is 9.81. The second-order valence-corrected chi connectivity index (χ2v) is 10.4. The largest absolute Gasteiger partial charge is 0.507 e. The van der Waals surface area contributed by atoms with Crippen LogP contribution in [0.15, 0.2) is 24.3 Å². The quantitative estimate of drug-likeness (QED) is 0.117. The maximum absolute atomic E-state index is 13.6. The maximum Gasteiger partial charge on any atom is 0.237 e. The van der Waals surface area contributed by atoms with Gasteiger partial charge in [0, 0.05) is 37.6 Å². The first kappa shape index (κ1) is 30.4. The lowest BCUT2D eigenvalue weighted by molar-refractivity contribution is -0.123. The van der Waals surface area contributed by atoms with Crippen LogP contribution in [0.1, 0.15) is 59.5 Å². The fourth-order valence-corrected chi connectivity index (χ4v) is 4.27. The number of benzene rings is 2. The number of nitrogens with two attached hydrogens (primary N) is 2. The van der Waals surface area contributed by atoms with Crippen molar-refractivity contribution in [3.05, 3.63) is 46.5 Å². The number of amides is 2. The molecule has 0 fully saturated rings. The Morgan fingerprint density at radius 1 is 0.650 bits per heavy atom. The third-order valence-corrected chi connectivity index (χ3v) is 6.80. The number of hydrogen-bond donors (Lipinski definition) is 8. The summed E-state index contributed by atoms with van der Waals surface area (Å²) in [7, 11) is 0. The average Bonchev–Trinajstić information content (AvgIpc) is 2.91. The zero-order valence-corrected chi connectivity index (χ0v) is 23.1. The normalized spacial score (nSPS) is 13.9. The van der Waals surface area contributed by atoms with Gasteiger partial charge < -0.3 is 42.9 Å². The number of phenolic OH excluding ortho intramolecular Hbond substituents is 2. The number of ketones is 2. The molecular weight excluding hydrogens is 516 g/mol. The Hall–Kier alpha value is -4.16. The molecule has 2 atom stereocenters. The van der Waals surface area contributed by atoms with Crippen molar-refractivity contribution in [2.24, 2.45) is 23.3 Å². The second kappa shape index (κ2) is 12.8. The minimum Gasteiger partial charge on any atom is -0.507 e. The summed E-state index contributed by atoms with van der Waals surface area (Å²) in [6.07, 6.45) is 0. The highest BCUT2D eigenvalue weighted by Crippen LogP contribution is 2.42. The number of nitrogens with one attached hydrogen (secondary N) is 4. The lowest BCUT2D eigenvalue weighted by Gasteiger charge is -2.25. The van der Waals surface area contributed by atoms with E-state index in [0.717, 1.165) is 12.1 Å². The van der Waals surface area contributed by atoms with Gasteiger partial charge in [-0.2, -0.15) is 0 Å². The third-order valence-electron chi connectivity index (χ3n) is 6.80. The van der Waals surface area contributed by atoms with Crippen LogP contribution < -0.4 is 32.7 Å². The summed E-state index contributed by atoms with van der Waals surface area (Å²) in [5, 5.41) is 32.4. The number of anilines is 2. The van der Waals surface area contributed by atoms with Gasteiger partial charge in [-0.1, -0.05) is 27.7 Å². The third kappa shape index (κ3) is 6.35. The van der Waals surface area contributed by atoms with E-state index in [2.05, 4.69) is 21.3 Å². The molecule has 2 aromatic carbocycles. The van der Waals surface area contributed by atoms with E-state index < -0.39 is 35.1 Å². The standard InChI is InChI=1S/C28H38N6O6/c1-13(2)23(29)27(39)33-11-9-31-15-5-6-16(32-10-12-34-28(40)24(30)14(3)4)20-19(15)25(37)21-17(35)7-8-18(36)22(21)26(20)38/h5-8,13-14,23-24,31-32,35-36H,9-12,29-30H2,1-4H3,(H,33,39)(H,34,40)/t23-,24+. The smallest absolute Gasteiger partial charge is 0.237 e. The van der Waals surface area contributed by atoms with Crippen molar-refractivity contribution < 1.29 is 29.4 Å². The van der Waals surface area contributed by atoms with Gasteiger partial charge in [0.05, 0.1) is 34.3 Å². The van der Waals surface area contributed by atoms with E-state index in [1.165, 1.54) is 0 Å². The molecule has 1 aliphatic carbocycles. The Morgan fingerprint density at radius 3 is 1.32 bits per heavy atom. The molecule has 0 unspecified atom stereocenters. The molecule has 0 saturated heterocycles. The Labute approximate surface area is 232 Å².